The van der Waals surface area contributed by atoms with Crippen LogP contribution in [-0.2, 0) is 0 Å². The van der Waals surface area contributed by atoms with Crippen LogP contribution in [-0.4, -0.2) is 25.2 Å². The first kappa shape index (κ1) is 14.9. The van der Waals surface area contributed by atoms with Crippen LogP contribution in [0, 0.1) is 0 Å². The van der Waals surface area contributed by atoms with Crippen molar-refractivity contribution in [3.8, 4) is 0 Å². The Labute approximate surface area is 107 Å². The van der Waals surface area contributed by atoms with Gasteiger partial charge in [0.05, 0.1) is 0 Å². The van der Waals surface area contributed by atoms with Crippen molar-refractivity contribution in [3.63, 3.8) is 0 Å². The molecule has 0 spiro atoms. The van der Waals surface area contributed by atoms with Gasteiger partial charge >= 0.3 is 0 Å². The summed E-state index contributed by atoms with van der Waals surface area (Å²) in [6.45, 7) is 1.19. The molecular formula is C14H31N3. The molecule has 0 aromatic carbocycles. The fraction of sp³-hybridized carbons (Fsp3) is 1.00. The first-order valence-corrected chi connectivity index (χ1v) is 7.53. The average molecular weight is 241 g/mol. The van der Waals surface area contributed by atoms with Crippen LogP contribution >= 0.6 is 0 Å². The molecule has 0 unspecified atom stereocenters. The monoisotopic (exact) mass is 241 g/mol. The SMILES string of the molecule is C1CCC(NC2CCCCC2)CC1.NCCN. The van der Waals surface area contributed by atoms with E-state index >= 15 is 0 Å². The summed E-state index contributed by atoms with van der Waals surface area (Å²) in [5.41, 5.74) is 9.81. The Morgan fingerprint density at radius 3 is 1.29 bits per heavy atom. The highest BCUT2D eigenvalue weighted by molar-refractivity contribution is 4.79. The molecular weight excluding hydrogens is 210 g/mol. The molecule has 3 nitrogen and oxygen atoms in total. The molecule has 17 heavy (non-hydrogen) atoms. The van der Waals surface area contributed by atoms with E-state index < -0.39 is 0 Å². The van der Waals surface area contributed by atoms with E-state index in [1.54, 1.807) is 0 Å². The molecule has 0 aromatic heterocycles. The zero-order valence-corrected chi connectivity index (χ0v) is 11.3. The summed E-state index contributed by atoms with van der Waals surface area (Å²) in [6.07, 6.45) is 14.6. The van der Waals surface area contributed by atoms with Crippen molar-refractivity contribution >= 4 is 0 Å². The maximum atomic E-state index is 4.90. The highest BCUT2D eigenvalue weighted by atomic mass is 14.9. The molecule has 0 saturated heterocycles. The highest BCUT2D eigenvalue weighted by Gasteiger charge is 2.19. The van der Waals surface area contributed by atoms with E-state index in [4.69, 9.17) is 11.5 Å². The van der Waals surface area contributed by atoms with Crippen LogP contribution in [0.5, 0.6) is 0 Å². The van der Waals surface area contributed by atoms with Gasteiger partial charge in [-0.3, -0.25) is 0 Å². The van der Waals surface area contributed by atoms with E-state index in [1.165, 1.54) is 64.2 Å². The minimum absolute atomic E-state index is 0.597. The summed E-state index contributed by atoms with van der Waals surface area (Å²) in [6, 6.07) is 1.74. The molecule has 0 radical (unpaired) electrons. The number of nitrogens with two attached hydrogens (primary N) is 2. The predicted molar refractivity (Wildman–Crippen MR) is 75.0 cm³/mol. The van der Waals surface area contributed by atoms with Crippen molar-refractivity contribution in [3.05, 3.63) is 0 Å². The maximum absolute atomic E-state index is 4.90. The molecule has 5 N–H and O–H groups in total. The second-order valence-electron chi connectivity index (χ2n) is 5.41. The van der Waals surface area contributed by atoms with Gasteiger partial charge in [0.2, 0.25) is 0 Å². The van der Waals surface area contributed by atoms with Crippen molar-refractivity contribution in [1.29, 1.82) is 0 Å². The second kappa shape index (κ2) is 9.86. The molecule has 2 fully saturated rings. The average Bonchev–Trinajstić information content (AvgIpc) is 2.41. The molecule has 0 heterocycles. The normalized spacial score (nSPS) is 22.9. The number of nitrogens with one attached hydrogen (secondary N) is 1. The minimum atomic E-state index is 0.597. The Morgan fingerprint density at radius 2 is 1.00 bits per heavy atom. The molecule has 102 valence electrons. The Bertz CT molecular complexity index is 143. The van der Waals surface area contributed by atoms with Gasteiger partial charge in [0.15, 0.2) is 0 Å². The summed E-state index contributed by atoms with van der Waals surface area (Å²) in [7, 11) is 0. The quantitative estimate of drug-likeness (QED) is 0.709. The summed E-state index contributed by atoms with van der Waals surface area (Å²) in [5.74, 6) is 0. The van der Waals surface area contributed by atoms with Crippen molar-refractivity contribution in [2.45, 2.75) is 76.3 Å². The number of hydrogen-bond acceptors (Lipinski definition) is 3. The van der Waals surface area contributed by atoms with Crippen molar-refractivity contribution in [2.75, 3.05) is 13.1 Å². The van der Waals surface area contributed by atoms with Crippen molar-refractivity contribution < 1.29 is 0 Å². The van der Waals surface area contributed by atoms with Crippen LogP contribution in [0.2, 0.25) is 0 Å². The molecule has 2 aliphatic carbocycles. The van der Waals surface area contributed by atoms with Gasteiger partial charge in [0, 0.05) is 25.2 Å². The van der Waals surface area contributed by atoms with E-state index in [9.17, 15) is 0 Å². The molecule has 0 bridgehead atoms. The van der Waals surface area contributed by atoms with Gasteiger partial charge in [-0.05, 0) is 25.7 Å². The van der Waals surface area contributed by atoms with E-state index in [0.717, 1.165) is 12.1 Å². The van der Waals surface area contributed by atoms with Crippen LogP contribution in [0.3, 0.4) is 0 Å². The Hall–Kier alpha value is -0.120. The molecule has 2 saturated carbocycles. The van der Waals surface area contributed by atoms with Gasteiger partial charge < -0.3 is 16.8 Å². The maximum Gasteiger partial charge on any atom is 0.00696 e. The molecule has 3 heteroatoms. The number of hydrogen-bond donors (Lipinski definition) is 3. The first-order chi connectivity index (χ1) is 8.36. The molecule has 0 aromatic rings. The van der Waals surface area contributed by atoms with Crippen LogP contribution < -0.4 is 16.8 Å². The zero-order valence-electron chi connectivity index (χ0n) is 11.3. The third-order valence-corrected chi connectivity index (χ3v) is 3.85. The Morgan fingerprint density at radius 1 is 0.647 bits per heavy atom. The van der Waals surface area contributed by atoms with Crippen LogP contribution in [0.1, 0.15) is 64.2 Å². The van der Waals surface area contributed by atoms with E-state index in [0.29, 0.717) is 13.1 Å². The van der Waals surface area contributed by atoms with Crippen molar-refractivity contribution in [2.24, 2.45) is 11.5 Å². The summed E-state index contributed by atoms with van der Waals surface area (Å²) in [5, 5.41) is 3.86. The van der Waals surface area contributed by atoms with Crippen molar-refractivity contribution in [1.82, 2.24) is 5.32 Å². The molecule has 2 rings (SSSR count). The van der Waals surface area contributed by atoms with Gasteiger partial charge in [-0.2, -0.15) is 0 Å². The molecule has 0 aliphatic heterocycles. The highest BCUT2D eigenvalue weighted by Crippen LogP contribution is 2.22. The third-order valence-electron chi connectivity index (χ3n) is 3.85. The zero-order chi connectivity index (χ0) is 12.3. The lowest BCUT2D eigenvalue weighted by Gasteiger charge is -2.30. The number of rotatable bonds is 3. The van der Waals surface area contributed by atoms with Crippen LogP contribution in [0.25, 0.3) is 0 Å². The summed E-state index contributed by atoms with van der Waals surface area (Å²) in [4.78, 5) is 0. The molecule has 0 atom stereocenters. The molecule has 0 amide bonds. The van der Waals surface area contributed by atoms with E-state index in [2.05, 4.69) is 5.32 Å². The summed E-state index contributed by atoms with van der Waals surface area (Å²) < 4.78 is 0. The van der Waals surface area contributed by atoms with Gasteiger partial charge in [0.1, 0.15) is 0 Å². The fourth-order valence-electron chi connectivity index (χ4n) is 2.87. The van der Waals surface area contributed by atoms with E-state index in [-0.39, 0.29) is 0 Å². The second-order valence-corrected chi connectivity index (χ2v) is 5.41. The van der Waals surface area contributed by atoms with E-state index in [1.807, 2.05) is 0 Å². The van der Waals surface area contributed by atoms with Gasteiger partial charge in [-0.25, -0.2) is 0 Å². The predicted octanol–water partition coefficient (Wildman–Crippen LogP) is 2.15. The fourth-order valence-corrected chi connectivity index (χ4v) is 2.87. The Kier molecular flexibility index (Phi) is 8.67. The third kappa shape index (κ3) is 7.02. The van der Waals surface area contributed by atoms with Gasteiger partial charge in [-0.15, -0.1) is 0 Å². The van der Waals surface area contributed by atoms with Crippen LogP contribution in [0.4, 0.5) is 0 Å². The Balaban J connectivity index is 0.000000317. The van der Waals surface area contributed by atoms with Gasteiger partial charge in [-0.1, -0.05) is 38.5 Å². The standard InChI is InChI=1S/C12H23N.C2H8N2/c1-3-7-11(8-4-1)13-12-9-5-2-6-10-12;3-1-2-4/h11-13H,1-10H2;1-4H2. The summed E-state index contributed by atoms with van der Waals surface area (Å²) >= 11 is 0. The topological polar surface area (TPSA) is 64.1 Å². The first-order valence-electron chi connectivity index (χ1n) is 7.53. The smallest absolute Gasteiger partial charge is 0.00696 e. The lowest BCUT2D eigenvalue weighted by Crippen LogP contribution is -2.40. The molecule has 2 aliphatic rings. The lowest BCUT2D eigenvalue weighted by molar-refractivity contribution is 0.291. The lowest BCUT2D eigenvalue weighted by atomic mass is 9.91. The van der Waals surface area contributed by atoms with Gasteiger partial charge in [0.25, 0.3) is 0 Å². The minimum Gasteiger partial charge on any atom is -0.329 e. The largest absolute Gasteiger partial charge is 0.329 e. The van der Waals surface area contributed by atoms with Crippen LogP contribution in [0.15, 0.2) is 0 Å².